The molecule has 0 radical (unpaired) electrons. The number of methoxy groups -OCH3 is 2. The van der Waals surface area contributed by atoms with Gasteiger partial charge in [0.15, 0.2) is 0 Å². The van der Waals surface area contributed by atoms with Gasteiger partial charge in [0.25, 0.3) is 11.8 Å². The summed E-state index contributed by atoms with van der Waals surface area (Å²) in [7, 11) is 3.19. The van der Waals surface area contributed by atoms with Gasteiger partial charge in [-0.25, -0.2) is 0 Å². The third-order valence-electron chi connectivity index (χ3n) is 7.30. The van der Waals surface area contributed by atoms with Crippen molar-refractivity contribution in [3.63, 3.8) is 0 Å². The van der Waals surface area contributed by atoms with Gasteiger partial charge >= 0.3 is 0 Å². The number of para-hydroxylation sites is 1. The van der Waals surface area contributed by atoms with Gasteiger partial charge in [0.2, 0.25) is 0 Å². The monoisotopic (exact) mass is 509 g/mol. The Morgan fingerprint density at radius 1 is 0.921 bits per heavy atom. The molecule has 0 spiro atoms. The number of rotatable bonds is 6. The molecule has 0 aliphatic carbocycles. The summed E-state index contributed by atoms with van der Waals surface area (Å²) in [5.41, 5.74) is 4.63. The first kappa shape index (κ1) is 25.3. The Balaban J connectivity index is 1.21. The summed E-state index contributed by atoms with van der Waals surface area (Å²) in [5.74, 6) is 1.45. The first-order valence-electron chi connectivity index (χ1n) is 12.8. The van der Waals surface area contributed by atoms with Crippen LogP contribution in [0.25, 0.3) is 10.9 Å². The first-order chi connectivity index (χ1) is 18.5. The number of amides is 2. The highest BCUT2D eigenvalue weighted by Gasteiger charge is 2.26. The summed E-state index contributed by atoms with van der Waals surface area (Å²) in [5, 5.41) is 3.92. The zero-order chi connectivity index (χ0) is 26.6. The van der Waals surface area contributed by atoms with Crippen LogP contribution in [0.3, 0.4) is 0 Å². The average Bonchev–Trinajstić information content (AvgIpc) is 2.97. The van der Waals surface area contributed by atoms with Crippen molar-refractivity contribution >= 4 is 28.4 Å². The van der Waals surface area contributed by atoms with Crippen LogP contribution in [0.4, 0.5) is 5.69 Å². The number of benzene rings is 3. The molecule has 0 bridgehead atoms. The van der Waals surface area contributed by atoms with Crippen LogP contribution in [-0.2, 0) is 0 Å². The molecule has 4 aromatic rings. The second kappa shape index (κ2) is 10.9. The Morgan fingerprint density at radius 3 is 2.24 bits per heavy atom. The zero-order valence-corrected chi connectivity index (χ0v) is 21.9. The molecule has 0 saturated carbocycles. The summed E-state index contributed by atoms with van der Waals surface area (Å²) in [6.45, 7) is 3.26. The Labute approximate surface area is 222 Å². The molecule has 3 aromatic carbocycles. The van der Waals surface area contributed by atoms with Crippen LogP contribution >= 0.6 is 0 Å². The lowest BCUT2D eigenvalue weighted by Gasteiger charge is -2.32. The van der Waals surface area contributed by atoms with Gasteiger partial charge in [-0.1, -0.05) is 30.3 Å². The molecule has 1 aliphatic heterocycles. The number of carbonyl (C=O) groups is 2. The number of likely N-dealkylation sites (tertiary alicyclic amines) is 1. The molecule has 1 aliphatic rings. The van der Waals surface area contributed by atoms with E-state index in [2.05, 4.69) is 22.4 Å². The fourth-order valence-electron chi connectivity index (χ4n) is 5.13. The van der Waals surface area contributed by atoms with E-state index in [1.807, 2.05) is 48.2 Å². The summed E-state index contributed by atoms with van der Waals surface area (Å²) in [4.78, 5) is 32.4. The molecule has 1 saturated heterocycles. The van der Waals surface area contributed by atoms with Gasteiger partial charge in [0.1, 0.15) is 11.5 Å². The molecular weight excluding hydrogens is 478 g/mol. The van der Waals surface area contributed by atoms with Crippen LogP contribution in [0, 0.1) is 6.92 Å². The second-order valence-electron chi connectivity index (χ2n) is 9.53. The number of nitrogens with one attached hydrogen (secondary N) is 1. The lowest BCUT2D eigenvalue weighted by Crippen LogP contribution is -2.38. The molecule has 1 N–H and O–H groups in total. The number of ether oxygens (including phenoxy) is 2. The molecule has 194 valence electrons. The van der Waals surface area contributed by atoms with E-state index in [4.69, 9.17) is 9.47 Å². The Morgan fingerprint density at radius 2 is 1.58 bits per heavy atom. The number of piperidine rings is 1. The smallest absolute Gasteiger partial charge is 0.257 e. The standard InChI is InChI=1S/C31H31N3O4/c1-20-27(37-2)18-24(19-28(20)38-3)31(36)34-16-13-22(14-17-34)21-9-11-25(12-10-21)33-30(35)26-8-4-6-23-7-5-15-32-29(23)26/h4-12,15,18-19,22H,13-14,16-17H2,1-3H3,(H,33,35). The van der Waals surface area contributed by atoms with E-state index in [9.17, 15) is 9.59 Å². The van der Waals surface area contributed by atoms with Crippen molar-refractivity contribution in [3.8, 4) is 11.5 Å². The minimum atomic E-state index is -0.182. The molecule has 38 heavy (non-hydrogen) atoms. The van der Waals surface area contributed by atoms with E-state index in [1.54, 1.807) is 38.6 Å². The fraction of sp³-hybridized carbons (Fsp3) is 0.258. The maximum Gasteiger partial charge on any atom is 0.257 e. The number of carbonyl (C=O) groups excluding carboxylic acids is 2. The third kappa shape index (κ3) is 5.05. The maximum absolute atomic E-state index is 13.2. The Bertz CT molecular complexity index is 1440. The van der Waals surface area contributed by atoms with Crippen molar-refractivity contribution < 1.29 is 19.1 Å². The summed E-state index contributed by atoms with van der Waals surface area (Å²) in [6, 6.07) is 21.0. The molecule has 7 nitrogen and oxygen atoms in total. The number of hydrogen-bond donors (Lipinski definition) is 1. The fourth-order valence-corrected chi connectivity index (χ4v) is 5.13. The third-order valence-corrected chi connectivity index (χ3v) is 7.30. The first-order valence-corrected chi connectivity index (χ1v) is 12.8. The number of pyridine rings is 1. The SMILES string of the molecule is COc1cc(C(=O)N2CCC(c3ccc(NC(=O)c4cccc5cccnc45)cc3)CC2)cc(OC)c1C. The van der Waals surface area contributed by atoms with Crippen molar-refractivity contribution in [3.05, 3.63) is 95.2 Å². The second-order valence-corrected chi connectivity index (χ2v) is 9.53. The van der Waals surface area contributed by atoms with Crippen molar-refractivity contribution in [2.75, 3.05) is 32.6 Å². The van der Waals surface area contributed by atoms with Gasteiger partial charge in [-0.2, -0.15) is 0 Å². The quantitative estimate of drug-likeness (QED) is 0.354. The summed E-state index contributed by atoms with van der Waals surface area (Å²) < 4.78 is 10.9. The maximum atomic E-state index is 13.2. The molecule has 0 atom stereocenters. The lowest BCUT2D eigenvalue weighted by atomic mass is 9.89. The van der Waals surface area contributed by atoms with Crippen molar-refractivity contribution in [1.29, 1.82) is 0 Å². The van der Waals surface area contributed by atoms with E-state index in [0.717, 1.165) is 29.5 Å². The van der Waals surface area contributed by atoms with Crippen LogP contribution < -0.4 is 14.8 Å². The number of fused-ring (bicyclic) bond motifs is 1. The highest BCUT2D eigenvalue weighted by atomic mass is 16.5. The Hall–Kier alpha value is -4.39. The van der Waals surface area contributed by atoms with Crippen LogP contribution in [0.5, 0.6) is 11.5 Å². The van der Waals surface area contributed by atoms with Crippen LogP contribution in [0.2, 0.25) is 0 Å². The van der Waals surface area contributed by atoms with Gasteiger partial charge in [-0.05, 0) is 67.6 Å². The number of nitrogens with zero attached hydrogens (tertiary/aromatic N) is 2. The van der Waals surface area contributed by atoms with Crippen molar-refractivity contribution in [2.24, 2.45) is 0 Å². The number of anilines is 1. The minimum Gasteiger partial charge on any atom is -0.496 e. The molecule has 7 heteroatoms. The number of aromatic nitrogens is 1. The van der Waals surface area contributed by atoms with Gasteiger partial charge in [-0.15, -0.1) is 0 Å². The van der Waals surface area contributed by atoms with E-state index in [1.165, 1.54) is 5.56 Å². The van der Waals surface area contributed by atoms with E-state index >= 15 is 0 Å². The normalized spacial score (nSPS) is 13.8. The van der Waals surface area contributed by atoms with Gasteiger partial charge in [-0.3, -0.25) is 14.6 Å². The van der Waals surface area contributed by atoms with Gasteiger partial charge in [0, 0.05) is 41.5 Å². The van der Waals surface area contributed by atoms with Crippen LogP contribution in [-0.4, -0.2) is 49.0 Å². The zero-order valence-electron chi connectivity index (χ0n) is 21.9. The lowest BCUT2D eigenvalue weighted by molar-refractivity contribution is 0.0712. The van der Waals surface area contributed by atoms with Crippen LogP contribution in [0.1, 0.15) is 50.6 Å². The van der Waals surface area contributed by atoms with E-state index in [0.29, 0.717) is 47.2 Å². The highest BCUT2D eigenvalue weighted by molar-refractivity contribution is 6.11. The molecule has 5 rings (SSSR count). The molecular formula is C31H31N3O4. The Kier molecular flexibility index (Phi) is 7.26. The predicted octanol–water partition coefficient (Wildman–Crippen LogP) is 5.83. The largest absolute Gasteiger partial charge is 0.496 e. The highest BCUT2D eigenvalue weighted by Crippen LogP contribution is 2.33. The van der Waals surface area contributed by atoms with Crippen molar-refractivity contribution in [1.82, 2.24) is 9.88 Å². The van der Waals surface area contributed by atoms with E-state index < -0.39 is 0 Å². The number of hydrogen-bond acceptors (Lipinski definition) is 5. The molecule has 1 aromatic heterocycles. The average molecular weight is 510 g/mol. The molecule has 2 amide bonds. The van der Waals surface area contributed by atoms with E-state index in [-0.39, 0.29) is 11.8 Å². The topological polar surface area (TPSA) is 80.8 Å². The van der Waals surface area contributed by atoms with Crippen LogP contribution in [0.15, 0.2) is 72.9 Å². The molecule has 1 fully saturated rings. The summed E-state index contributed by atoms with van der Waals surface area (Å²) in [6.07, 6.45) is 3.44. The predicted molar refractivity (Wildman–Crippen MR) is 148 cm³/mol. The molecule has 0 unspecified atom stereocenters. The minimum absolute atomic E-state index is 0.0129. The van der Waals surface area contributed by atoms with Gasteiger partial charge in [0.05, 0.1) is 25.3 Å². The summed E-state index contributed by atoms with van der Waals surface area (Å²) >= 11 is 0. The molecule has 2 heterocycles. The van der Waals surface area contributed by atoms with Crippen molar-refractivity contribution in [2.45, 2.75) is 25.7 Å². The van der Waals surface area contributed by atoms with Gasteiger partial charge < -0.3 is 19.7 Å².